The van der Waals surface area contributed by atoms with E-state index in [1.807, 2.05) is 36.5 Å². The van der Waals surface area contributed by atoms with Gasteiger partial charge in [-0.1, -0.05) is 24.3 Å². The summed E-state index contributed by atoms with van der Waals surface area (Å²) in [5, 5.41) is 15.3. The Morgan fingerprint density at radius 3 is 2.91 bits per heavy atom. The number of aromatic nitrogens is 1. The molecule has 6 rings (SSSR count). The number of benzene rings is 2. The topological polar surface area (TPSA) is 57.6 Å². The van der Waals surface area contributed by atoms with Crippen LogP contribution in [0.1, 0.15) is 30.0 Å². The number of aromatic hydroxyl groups is 1. The van der Waals surface area contributed by atoms with Crippen LogP contribution in [0.2, 0.25) is 0 Å². The van der Waals surface area contributed by atoms with Crippen LogP contribution in [0.5, 0.6) is 11.5 Å². The van der Waals surface area contributed by atoms with Crippen LogP contribution in [-0.4, -0.2) is 41.2 Å². The number of fused-ring (bicyclic) bond motifs is 4. The zero-order valence-corrected chi connectivity index (χ0v) is 18.6. The van der Waals surface area contributed by atoms with Gasteiger partial charge in [-0.2, -0.15) is 0 Å². The highest BCUT2D eigenvalue weighted by Gasteiger charge is 2.42. The van der Waals surface area contributed by atoms with E-state index in [4.69, 9.17) is 4.74 Å². The number of phenols is 1. The van der Waals surface area contributed by atoms with Gasteiger partial charge in [0.05, 0.1) is 12.6 Å². The molecule has 1 unspecified atom stereocenters. The first-order valence-corrected chi connectivity index (χ1v) is 11.5. The second kappa shape index (κ2) is 8.93. The van der Waals surface area contributed by atoms with E-state index in [2.05, 4.69) is 40.0 Å². The van der Waals surface area contributed by atoms with Crippen LogP contribution in [0.3, 0.4) is 0 Å². The Bertz CT molecular complexity index is 1120. The van der Waals surface area contributed by atoms with Crippen molar-refractivity contribution in [3.05, 3.63) is 78.5 Å². The van der Waals surface area contributed by atoms with Crippen LogP contribution in [0.25, 0.3) is 10.9 Å². The summed E-state index contributed by atoms with van der Waals surface area (Å²) in [6.45, 7) is 6.88. The molecule has 0 saturated carbocycles. The van der Waals surface area contributed by atoms with Crippen molar-refractivity contribution in [2.45, 2.75) is 31.5 Å². The minimum atomic E-state index is 0.112. The molecule has 0 radical (unpaired) electrons. The van der Waals surface area contributed by atoms with Crippen LogP contribution < -0.4 is 10.1 Å². The van der Waals surface area contributed by atoms with Gasteiger partial charge in [-0.15, -0.1) is 6.58 Å². The van der Waals surface area contributed by atoms with Gasteiger partial charge in [0, 0.05) is 42.3 Å². The molecular weight excluding hydrogens is 398 g/mol. The molecule has 2 N–H and O–H groups in total. The minimum Gasteiger partial charge on any atom is -0.508 e. The molecule has 0 amide bonds. The lowest BCUT2D eigenvalue weighted by molar-refractivity contribution is 0.000920. The average molecular weight is 430 g/mol. The van der Waals surface area contributed by atoms with E-state index in [0.29, 0.717) is 30.2 Å². The molecule has 3 aromatic rings. The average Bonchev–Trinajstić information content (AvgIpc) is 2.85. The van der Waals surface area contributed by atoms with Crippen molar-refractivity contribution in [1.29, 1.82) is 0 Å². The van der Waals surface area contributed by atoms with Gasteiger partial charge in [-0.3, -0.25) is 9.88 Å². The molecule has 5 atom stereocenters. The molecule has 0 aliphatic carbocycles. The third-order valence-corrected chi connectivity index (χ3v) is 7.36. The number of hydrogen-bond acceptors (Lipinski definition) is 5. The lowest BCUT2D eigenvalue weighted by Gasteiger charge is -2.52. The van der Waals surface area contributed by atoms with Crippen molar-refractivity contribution < 1.29 is 9.84 Å². The number of ether oxygens (including phenoxy) is 1. The largest absolute Gasteiger partial charge is 0.508 e. The number of phenolic OH excluding ortho intramolecular Hbond substituents is 1. The summed E-state index contributed by atoms with van der Waals surface area (Å²) in [6, 6.07) is 16.3. The molecule has 4 heterocycles. The van der Waals surface area contributed by atoms with E-state index in [1.165, 1.54) is 12.0 Å². The van der Waals surface area contributed by atoms with Gasteiger partial charge in [0.15, 0.2) is 0 Å². The molecular formula is C27H31N3O2. The lowest BCUT2D eigenvalue weighted by atomic mass is 9.73. The molecule has 3 aliphatic rings. The Morgan fingerprint density at radius 1 is 1.28 bits per heavy atom. The molecule has 5 nitrogen and oxygen atoms in total. The zero-order chi connectivity index (χ0) is 22.1. The predicted molar refractivity (Wildman–Crippen MR) is 128 cm³/mol. The Kier molecular flexibility index (Phi) is 5.85. The van der Waals surface area contributed by atoms with Crippen molar-refractivity contribution in [3.8, 4) is 11.5 Å². The molecule has 0 spiro atoms. The zero-order valence-electron chi connectivity index (χ0n) is 18.6. The van der Waals surface area contributed by atoms with Gasteiger partial charge in [-0.25, -0.2) is 0 Å². The number of para-hydroxylation sites is 1. The van der Waals surface area contributed by atoms with Gasteiger partial charge >= 0.3 is 0 Å². The molecule has 5 heteroatoms. The maximum Gasteiger partial charge on any atom is 0.120 e. The SMILES string of the molecule is C=C[C@H]1CN2CC[C@H]1C[C@H]2[C@@H](NCc1ccccc1O)c1ccnc2ccc(OC)cc12. The number of methoxy groups -OCH3 is 1. The molecule has 32 heavy (non-hydrogen) atoms. The van der Waals surface area contributed by atoms with Crippen molar-refractivity contribution in [1.82, 2.24) is 15.2 Å². The highest BCUT2D eigenvalue weighted by molar-refractivity contribution is 5.84. The van der Waals surface area contributed by atoms with Gasteiger partial charge in [-0.05, 0) is 67.1 Å². The Hall–Kier alpha value is -2.89. The second-order valence-electron chi connectivity index (χ2n) is 9.02. The summed E-state index contributed by atoms with van der Waals surface area (Å²) in [7, 11) is 1.70. The number of rotatable bonds is 7. The van der Waals surface area contributed by atoms with E-state index in [0.717, 1.165) is 41.7 Å². The third-order valence-electron chi connectivity index (χ3n) is 7.36. The highest BCUT2D eigenvalue weighted by Crippen LogP contribution is 2.42. The number of piperidine rings is 3. The van der Waals surface area contributed by atoms with Crippen molar-refractivity contribution >= 4 is 10.9 Å². The first-order valence-electron chi connectivity index (χ1n) is 11.5. The smallest absolute Gasteiger partial charge is 0.120 e. The van der Waals surface area contributed by atoms with Crippen LogP contribution in [0.15, 0.2) is 67.4 Å². The molecule has 166 valence electrons. The van der Waals surface area contributed by atoms with Gasteiger partial charge in [0.2, 0.25) is 0 Å². The molecule has 2 bridgehead atoms. The van der Waals surface area contributed by atoms with E-state index in [1.54, 1.807) is 13.2 Å². The standard InChI is InChI=1S/C27H31N3O2/c1-3-18-17-30-13-11-19(18)14-25(30)27(29-16-20-6-4-5-7-26(20)31)22-10-12-28-24-9-8-21(32-2)15-23(22)24/h3-10,12,15,18-19,25,27,29,31H,1,11,13-14,16-17H2,2H3/t18-,19-,25-,27-/m0/s1. The first-order chi connectivity index (χ1) is 15.7. The summed E-state index contributed by atoms with van der Waals surface area (Å²) < 4.78 is 5.52. The third kappa shape index (κ3) is 3.87. The Labute approximate surface area is 189 Å². The number of nitrogens with zero attached hydrogens (tertiary/aromatic N) is 2. The van der Waals surface area contributed by atoms with Crippen molar-refractivity contribution in [3.63, 3.8) is 0 Å². The van der Waals surface area contributed by atoms with Crippen molar-refractivity contribution in [2.24, 2.45) is 11.8 Å². The van der Waals surface area contributed by atoms with Crippen LogP contribution >= 0.6 is 0 Å². The molecule has 3 saturated heterocycles. The Morgan fingerprint density at radius 2 is 2.16 bits per heavy atom. The van der Waals surface area contributed by atoms with Gasteiger partial charge < -0.3 is 15.2 Å². The van der Waals surface area contributed by atoms with E-state index < -0.39 is 0 Å². The molecule has 1 aromatic heterocycles. The maximum atomic E-state index is 10.3. The molecule has 3 fully saturated rings. The normalized spacial score (nSPS) is 25.5. The summed E-state index contributed by atoms with van der Waals surface area (Å²) in [4.78, 5) is 7.23. The maximum absolute atomic E-state index is 10.3. The molecule has 2 aromatic carbocycles. The fourth-order valence-electron chi connectivity index (χ4n) is 5.60. The summed E-state index contributed by atoms with van der Waals surface area (Å²) in [5.41, 5.74) is 3.11. The summed E-state index contributed by atoms with van der Waals surface area (Å²) in [6.07, 6.45) is 6.43. The monoisotopic (exact) mass is 429 g/mol. The Balaban J connectivity index is 1.54. The van der Waals surface area contributed by atoms with Crippen LogP contribution in [0.4, 0.5) is 0 Å². The molecule has 3 aliphatic heterocycles. The quantitative estimate of drug-likeness (QED) is 0.534. The first kappa shape index (κ1) is 21.0. The highest BCUT2D eigenvalue weighted by atomic mass is 16.5. The number of nitrogens with one attached hydrogen (secondary N) is 1. The summed E-state index contributed by atoms with van der Waals surface area (Å²) >= 11 is 0. The number of pyridine rings is 1. The predicted octanol–water partition coefficient (Wildman–Crippen LogP) is 4.68. The minimum absolute atomic E-state index is 0.112. The second-order valence-corrected chi connectivity index (χ2v) is 9.02. The van der Waals surface area contributed by atoms with Gasteiger partial charge in [0.1, 0.15) is 11.5 Å². The lowest BCUT2D eigenvalue weighted by Crippen LogP contribution is -2.56. The fourth-order valence-corrected chi connectivity index (χ4v) is 5.60. The van der Waals surface area contributed by atoms with E-state index >= 15 is 0 Å². The summed E-state index contributed by atoms with van der Waals surface area (Å²) in [5.74, 6) is 2.42. The van der Waals surface area contributed by atoms with Crippen molar-refractivity contribution in [2.75, 3.05) is 20.2 Å². The van der Waals surface area contributed by atoms with E-state index in [9.17, 15) is 5.11 Å². The van der Waals surface area contributed by atoms with E-state index in [-0.39, 0.29) is 6.04 Å². The fraction of sp³-hybridized carbons (Fsp3) is 0.370. The van der Waals surface area contributed by atoms with Crippen LogP contribution in [0, 0.1) is 11.8 Å². The van der Waals surface area contributed by atoms with Gasteiger partial charge in [0.25, 0.3) is 0 Å². The number of hydrogen-bond donors (Lipinski definition) is 2. The van der Waals surface area contributed by atoms with Crippen LogP contribution in [-0.2, 0) is 6.54 Å².